The van der Waals surface area contributed by atoms with Crippen LogP contribution < -0.4 is 10.6 Å². The summed E-state index contributed by atoms with van der Waals surface area (Å²) >= 11 is 0. The van der Waals surface area contributed by atoms with E-state index >= 15 is 0 Å². The van der Waals surface area contributed by atoms with E-state index in [4.69, 9.17) is 4.74 Å². The van der Waals surface area contributed by atoms with Gasteiger partial charge in [0.25, 0.3) is 5.91 Å². The Morgan fingerprint density at radius 3 is 2.56 bits per heavy atom. The van der Waals surface area contributed by atoms with Crippen LogP contribution in [0, 0.1) is 0 Å². The number of anilines is 1. The lowest BCUT2D eigenvalue weighted by Crippen LogP contribution is -2.40. The van der Waals surface area contributed by atoms with Crippen molar-refractivity contribution in [3.05, 3.63) is 60.3 Å². The first-order valence-corrected chi connectivity index (χ1v) is 8.60. The van der Waals surface area contributed by atoms with E-state index in [0.717, 1.165) is 10.9 Å². The van der Waals surface area contributed by atoms with Crippen molar-refractivity contribution >= 4 is 28.6 Å². The monoisotopic (exact) mass is 366 g/mol. The minimum Gasteiger partial charge on any atom is -0.444 e. The fourth-order valence-corrected chi connectivity index (χ4v) is 2.60. The van der Waals surface area contributed by atoms with Gasteiger partial charge in [0.2, 0.25) is 0 Å². The summed E-state index contributed by atoms with van der Waals surface area (Å²) in [6.07, 6.45) is 1.05. The van der Waals surface area contributed by atoms with Crippen LogP contribution in [0.1, 0.15) is 32.4 Å². The van der Waals surface area contributed by atoms with E-state index in [9.17, 15) is 9.59 Å². The Morgan fingerprint density at radius 2 is 1.85 bits per heavy atom. The molecule has 0 bridgehead atoms. The van der Waals surface area contributed by atoms with Crippen LogP contribution >= 0.6 is 0 Å². The molecule has 140 valence electrons. The van der Waals surface area contributed by atoms with Crippen LogP contribution in [0.5, 0.6) is 0 Å². The van der Waals surface area contributed by atoms with Crippen LogP contribution in [0.3, 0.4) is 0 Å². The molecular formula is C20H22N4O3. The third-order valence-electron chi connectivity index (χ3n) is 3.77. The highest BCUT2D eigenvalue weighted by molar-refractivity contribution is 5.98. The maximum absolute atomic E-state index is 12.9. The Hall–Kier alpha value is -3.35. The summed E-state index contributed by atoms with van der Waals surface area (Å²) in [6, 6.07) is 13.6. The van der Waals surface area contributed by atoms with Crippen LogP contribution in [0.4, 0.5) is 10.5 Å². The molecule has 27 heavy (non-hydrogen) atoms. The third kappa shape index (κ3) is 4.84. The zero-order chi connectivity index (χ0) is 19.4. The molecule has 0 aliphatic carbocycles. The fourth-order valence-electron chi connectivity index (χ4n) is 2.60. The SMILES string of the molecule is CC(C)(C)OC(=O)N[C@H](C(=O)Nc1ccc2cn[nH]c2c1)c1ccccc1. The number of rotatable bonds is 4. The molecule has 0 fully saturated rings. The number of hydrogen-bond acceptors (Lipinski definition) is 4. The van der Waals surface area contributed by atoms with Crippen LogP contribution in [-0.4, -0.2) is 27.8 Å². The largest absolute Gasteiger partial charge is 0.444 e. The molecule has 1 atom stereocenters. The van der Waals surface area contributed by atoms with Crippen LogP contribution in [-0.2, 0) is 9.53 Å². The highest BCUT2D eigenvalue weighted by Gasteiger charge is 2.26. The van der Waals surface area contributed by atoms with Crippen LogP contribution in [0.15, 0.2) is 54.7 Å². The summed E-state index contributed by atoms with van der Waals surface area (Å²) in [6.45, 7) is 5.30. The predicted octanol–water partition coefficient (Wildman–Crippen LogP) is 3.77. The number of alkyl carbamates (subject to hydrolysis) is 1. The summed E-state index contributed by atoms with van der Waals surface area (Å²) in [4.78, 5) is 25.1. The molecule has 7 nitrogen and oxygen atoms in total. The van der Waals surface area contributed by atoms with Crippen molar-refractivity contribution in [2.24, 2.45) is 0 Å². The number of amides is 2. The van der Waals surface area contributed by atoms with Crippen LogP contribution in [0.2, 0.25) is 0 Å². The van der Waals surface area contributed by atoms with E-state index < -0.39 is 17.7 Å². The number of nitrogens with zero attached hydrogens (tertiary/aromatic N) is 1. The van der Waals surface area contributed by atoms with E-state index in [2.05, 4.69) is 20.8 Å². The van der Waals surface area contributed by atoms with Crippen LogP contribution in [0.25, 0.3) is 10.9 Å². The summed E-state index contributed by atoms with van der Waals surface area (Å²) in [7, 11) is 0. The number of hydrogen-bond donors (Lipinski definition) is 3. The quantitative estimate of drug-likeness (QED) is 0.655. The average molecular weight is 366 g/mol. The molecule has 2 amide bonds. The molecule has 3 aromatic rings. The maximum Gasteiger partial charge on any atom is 0.408 e. The van der Waals surface area contributed by atoms with E-state index in [1.54, 1.807) is 51.2 Å². The van der Waals surface area contributed by atoms with Crippen molar-refractivity contribution in [2.45, 2.75) is 32.4 Å². The highest BCUT2D eigenvalue weighted by Crippen LogP contribution is 2.20. The summed E-state index contributed by atoms with van der Waals surface area (Å²) in [5.41, 5.74) is 1.41. The topological polar surface area (TPSA) is 96.1 Å². The van der Waals surface area contributed by atoms with Gasteiger partial charge in [-0.15, -0.1) is 0 Å². The lowest BCUT2D eigenvalue weighted by atomic mass is 10.1. The van der Waals surface area contributed by atoms with Crippen molar-refractivity contribution in [3.63, 3.8) is 0 Å². The number of carbonyl (C=O) groups is 2. The highest BCUT2D eigenvalue weighted by atomic mass is 16.6. The summed E-state index contributed by atoms with van der Waals surface area (Å²) < 4.78 is 5.29. The molecule has 0 aliphatic heterocycles. The molecule has 0 unspecified atom stereocenters. The number of aromatic nitrogens is 2. The molecule has 3 N–H and O–H groups in total. The van der Waals surface area contributed by atoms with Gasteiger partial charge in [-0.25, -0.2) is 4.79 Å². The summed E-state index contributed by atoms with van der Waals surface area (Å²) in [5, 5.41) is 13.3. The fraction of sp³-hybridized carbons (Fsp3) is 0.250. The number of nitrogens with one attached hydrogen (secondary N) is 3. The zero-order valence-electron chi connectivity index (χ0n) is 15.4. The molecule has 1 aromatic heterocycles. The molecule has 0 radical (unpaired) electrons. The second-order valence-corrected chi connectivity index (χ2v) is 7.15. The summed E-state index contributed by atoms with van der Waals surface area (Å²) in [5.74, 6) is -0.370. The number of ether oxygens (including phenoxy) is 1. The smallest absolute Gasteiger partial charge is 0.408 e. The number of aromatic amines is 1. The predicted molar refractivity (Wildman–Crippen MR) is 103 cm³/mol. The Morgan fingerprint density at radius 1 is 1.11 bits per heavy atom. The van der Waals surface area contributed by atoms with Gasteiger partial charge in [-0.2, -0.15) is 5.10 Å². The second-order valence-electron chi connectivity index (χ2n) is 7.15. The van der Waals surface area contributed by atoms with Gasteiger partial charge in [0.05, 0.1) is 11.7 Å². The number of fused-ring (bicyclic) bond motifs is 1. The molecule has 7 heteroatoms. The Labute approximate surface area is 157 Å². The normalized spacial score (nSPS) is 12.4. The molecule has 0 spiro atoms. The first-order valence-electron chi connectivity index (χ1n) is 8.60. The lowest BCUT2D eigenvalue weighted by molar-refractivity contribution is -0.118. The lowest BCUT2D eigenvalue weighted by Gasteiger charge is -2.23. The number of carbonyl (C=O) groups excluding carboxylic acids is 2. The first-order chi connectivity index (χ1) is 12.8. The van der Waals surface area contributed by atoms with Gasteiger partial charge < -0.3 is 15.4 Å². The molecule has 2 aromatic carbocycles. The Bertz CT molecular complexity index is 945. The third-order valence-corrected chi connectivity index (χ3v) is 3.77. The van der Waals surface area contributed by atoms with E-state index in [0.29, 0.717) is 11.3 Å². The molecule has 1 heterocycles. The first kappa shape index (κ1) is 18.4. The standard InChI is InChI=1S/C20H22N4O3/c1-20(2,3)27-19(26)23-17(13-7-5-4-6-8-13)18(25)22-15-10-9-14-12-21-24-16(14)11-15/h4-12,17H,1-3H3,(H,21,24)(H,22,25)(H,23,26)/t17-/m0/s1. The van der Waals surface area contributed by atoms with Gasteiger partial charge in [0.15, 0.2) is 0 Å². The van der Waals surface area contributed by atoms with E-state index in [1.807, 2.05) is 24.3 Å². The minimum atomic E-state index is -0.890. The minimum absolute atomic E-state index is 0.370. The van der Waals surface area contributed by atoms with Crippen molar-refractivity contribution in [3.8, 4) is 0 Å². The molecule has 0 saturated heterocycles. The molecule has 0 aliphatic rings. The van der Waals surface area contributed by atoms with Gasteiger partial charge in [0, 0.05) is 11.1 Å². The molecule has 3 rings (SSSR count). The Balaban J connectivity index is 1.80. The number of benzene rings is 2. The van der Waals surface area contributed by atoms with Crippen molar-refractivity contribution < 1.29 is 14.3 Å². The average Bonchev–Trinajstić information content (AvgIpc) is 3.06. The maximum atomic E-state index is 12.9. The van der Waals surface area contributed by atoms with Gasteiger partial charge >= 0.3 is 6.09 Å². The van der Waals surface area contributed by atoms with Crippen molar-refractivity contribution in [2.75, 3.05) is 5.32 Å². The van der Waals surface area contributed by atoms with E-state index in [-0.39, 0.29) is 5.91 Å². The second kappa shape index (κ2) is 7.49. The van der Waals surface area contributed by atoms with Crippen molar-refractivity contribution in [1.82, 2.24) is 15.5 Å². The Kier molecular flexibility index (Phi) is 5.12. The van der Waals surface area contributed by atoms with Gasteiger partial charge in [-0.05, 0) is 44.5 Å². The van der Waals surface area contributed by atoms with E-state index in [1.165, 1.54) is 0 Å². The molecule has 0 saturated carbocycles. The van der Waals surface area contributed by atoms with Crippen molar-refractivity contribution in [1.29, 1.82) is 0 Å². The zero-order valence-corrected chi connectivity index (χ0v) is 15.4. The molecular weight excluding hydrogens is 344 g/mol. The van der Waals surface area contributed by atoms with Gasteiger partial charge in [-0.3, -0.25) is 9.89 Å². The number of H-pyrrole nitrogens is 1. The van der Waals surface area contributed by atoms with Gasteiger partial charge in [-0.1, -0.05) is 30.3 Å². The van der Waals surface area contributed by atoms with Gasteiger partial charge in [0.1, 0.15) is 11.6 Å².